The number of nitrogens with two attached hydrogens (primary N) is 2. The van der Waals surface area contributed by atoms with Crippen molar-refractivity contribution in [3.05, 3.63) is 145 Å². The third-order valence-electron chi connectivity index (χ3n) is 5.59. The Morgan fingerprint density at radius 2 is 1.14 bits per heavy atom. The summed E-state index contributed by atoms with van der Waals surface area (Å²) < 4.78 is 10.0. The molecule has 0 saturated carbocycles. The summed E-state index contributed by atoms with van der Waals surface area (Å²) in [5, 5.41) is 0. The number of benzene rings is 4. The highest BCUT2D eigenvalue weighted by molar-refractivity contribution is 5.85. The van der Waals surface area contributed by atoms with E-state index in [-0.39, 0.29) is 0 Å². The number of methoxy groups -OCH3 is 2. The zero-order valence-electron chi connectivity index (χ0n) is 24.7. The van der Waals surface area contributed by atoms with Gasteiger partial charge in [0.2, 0.25) is 0 Å². The number of hydrogen-bond donors (Lipinski definition) is 2. The van der Waals surface area contributed by atoms with Crippen LogP contribution in [0.2, 0.25) is 0 Å². The summed E-state index contributed by atoms with van der Waals surface area (Å²) in [6, 6.07) is 29.3. The van der Waals surface area contributed by atoms with Gasteiger partial charge >= 0.3 is 0 Å². The summed E-state index contributed by atoms with van der Waals surface area (Å²) in [6.45, 7) is 3.72. The zero-order valence-corrected chi connectivity index (χ0v) is 24.7. The first-order chi connectivity index (χ1) is 21.4. The van der Waals surface area contributed by atoms with Crippen LogP contribution in [-0.2, 0) is 4.79 Å². The van der Waals surface area contributed by atoms with Gasteiger partial charge in [0.25, 0.3) is 0 Å². The van der Waals surface area contributed by atoms with E-state index in [0.29, 0.717) is 5.56 Å². The predicted molar refractivity (Wildman–Crippen MR) is 182 cm³/mol. The normalized spacial score (nSPS) is 10.8. The molecule has 0 aromatic heterocycles. The summed E-state index contributed by atoms with van der Waals surface area (Å²) >= 11 is 0. The Balaban J connectivity index is 0.000000302. The molecule has 0 atom stereocenters. The number of aliphatic imine (C=N–C) groups is 2. The molecule has 0 amide bonds. The molecular formula is C36H36N4O4. The Bertz CT molecular complexity index is 1530. The van der Waals surface area contributed by atoms with Crippen molar-refractivity contribution in [1.82, 2.24) is 0 Å². The average Bonchev–Trinajstić information content (AvgIpc) is 3.08. The number of carbonyl (C=O) groups is 2. The Labute approximate surface area is 258 Å². The molecule has 0 saturated heterocycles. The van der Waals surface area contributed by atoms with Gasteiger partial charge < -0.3 is 20.9 Å². The fourth-order valence-corrected chi connectivity index (χ4v) is 3.17. The second kappa shape index (κ2) is 20.0. The summed E-state index contributed by atoms with van der Waals surface area (Å²) in [5.41, 5.74) is 16.4. The quantitative estimate of drug-likeness (QED) is 0.0654. The molecule has 4 N–H and O–H groups in total. The minimum atomic E-state index is 0.667. The molecule has 0 heterocycles. The minimum Gasteiger partial charge on any atom is -0.497 e. The third-order valence-corrected chi connectivity index (χ3v) is 5.59. The lowest BCUT2D eigenvalue weighted by Crippen LogP contribution is -1.86. The molecule has 4 aromatic carbocycles. The van der Waals surface area contributed by atoms with Crippen LogP contribution in [0.25, 0.3) is 0 Å². The standard InChI is InChI=1S/C22H20N2O2.C8H8O2.C6H8N2/c1-3-18(6-4-5-15-25)16-23-20-9-11-21(12-10-20)24-17-19-7-13-22(26-2)14-8-19;1-10-8-4-2-7(6-9)3-5-8;7-5-1-2-6(8)4-3-5/h3-17H,1H2,2H3;2-6H,1H3;1-4H,7-8H2/b5-4+,18-6+,23-16?,24-17?;;. The summed E-state index contributed by atoms with van der Waals surface area (Å²) in [7, 11) is 3.23. The lowest BCUT2D eigenvalue weighted by atomic mass is 10.2. The van der Waals surface area contributed by atoms with Crippen molar-refractivity contribution in [2.75, 3.05) is 25.7 Å². The van der Waals surface area contributed by atoms with Crippen LogP contribution in [0.1, 0.15) is 15.9 Å². The van der Waals surface area contributed by atoms with Gasteiger partial charge in [-0.05, 0) is 114 Å². The zero-order chi connectivity index (χ0) is 32.0. The number of hydrogen-bond acceptors (Lipinski definition) is 8. The van der Waals surface area contributed by atoms with Gasteiger partial charge in [0.05, 0.1) is 25.6 Å². The van der Waals surface area contributed by atoms with E-state index in [1.54, 1.807) is 93.4 Å². The molecule has 0 aliphatic rings. The fourth-order valence-electron chi connectivity index (χ4n) is 3.17. The van der Waals surface area contributed by atoms with Gasteiger partial charge in [-0.25, -0.2) is 0 Å². The van der Waals surface area contributed by atoms with Gasteiger partial charge in [-0.3, -0.25) is 19.6 Å². The van der Waals surface area contributed by atoms with Gasteiger partial charge in [-0.15, -0.1) is 0 Å². The number of carbonyl (C=O) groups excluding carboxylic acids is 2. The molecular weight excluding hydrogens is 552 g/mol. The SMILES string of the molecule is C=C/C(C=Nc1ccc(N=Cc2ccc(OC)cc2)cc1)=C\C=C\C=O.COc1ccc(C=O)cc1.Nc1ccc(N)cc1. The van der Waals surface area contributed by atoms with Crippen LogP contribution in [-0.4, -0.2) is 39.2 Å². The summed E-state index contributed by atoms with van der Waals surface area (Å²) in [6.07, 6.45) is 11.5. The Hall–Kier alpha value is -6.02. The van der Waals surface area contributed by atoms with E-state index < -0.39 is 0 Å². The Kier molecular flexibility index (Phi) is 15.5. The predicted octanol–water partition coefficient (Wildman–Crippen LogP) is 7.37. The first-order valence-corrected chi connectivity index (χ1v) is 13.4. The van der Waals surface area contributed by atoms with E-state index in [2.05, 4.69) is 16.6 Å². The molecule has 8 nitrogen and oxygen atoms in total. The lowest BCUT2D eigenvalue weighted by molar-refractivity contribution is -0.104. The number of allylic oxidation sites excluding steroid dienone is 5. The Morgan fingerprint density at radius 3 is 1.57 bits per heavy atom. The van der Waals surface area contributed by atoms with E-state index in [0.717, 1.165) is 58.0 Å². The molecule has 8 heteroatoms. The van der Waals surface area contributed by atoms with Crippen molar-refractivity contribution in [3.63, 3.8) is 0 Å². The average molecular weight is 589 g/mol. The molecule has 0 radical (unpaired) electrons. The molecule has 0 aliphatic heterocycles. The van der Waals surface area contributed by atoms with Crippen molar-refractivity contribution < 1.29 is 19.1 Å². The first kappa shape index (κ1) is 34.2. The topological polar surface area (TPSA) is 129 Å². The number of ether oxygens (including phenoxy) is 2. The van der Waals surface area contributed by atoms with Crippen LogP contribution in [0.5, 0.6) is 11.5 Å². The fraction of sp³-hybridized carbons (Fsp3) is 0.0556. The molecule has 0 unspecified atom stereocenters. The molecule has 4 rings (SSSR count). The van der Waals surface area contributed by atoms with Crippen LogP contribution in [0, 0.1) is 0 Å². The number of rotatable bonds is 10. The van der Waals surface area contributed by atoms with Crippen LogP contribution < -0.4 is 20.9 Å². The maximum atomic E-state index is 10.3. The van der Waals surface area contributed by atoms with E-state index in [4.69, 9.17) is 20.9 Å². The molecule has 4 aromatic rings. The van der Waals surface area contributed by atoms with Gasteiger partial charge in [-0.1, -0.05) is 24.8 Å². The summed E-state index contributed by atoms with van der Waals surface area (Å²) in [5.74, 6) is 1.59. The van der Waals surface area contributed by atoms with E-state index in [9.17, 15) is 9.59 Å². The van der Waals surface area contributed by atoms with Crippen molar-refractivity contribution in [1.29, 1.82) is 0 Å². The molecule has 44 heavy (non-hydrogen) atoms. The molecule has 0 spiro atoms. The summed E-state index contributed by atoms with van der Waals surface area (Å²) in [4.78, 5) is 29.3. The minimum absolute atomic E-state index is 0.667. The molecule has 0 aliphatic carbocycles. The molecule has 224 valence electrons. The maximum Gasteiger partial charge on any atom is 0.150 e. The van der Waals surface area contributed by atoms with E-state index >= 15 is 0 Å². The van der Waals surface area contributed by atoms with Crippen molar-refractivity contribution in [2.45, 2.75) is 0 Å². The van der Waals surface area contributed by atoms with Gasteiger partial charge in [-0.2, -0.15) is 0 Å². The highest BCUT2D eigenvalue weighted by Gasteiger charge is 1.94. The van der Waals surface area contributed by atoms with Crippen molar-refractivity contribution in [3.8, 4) is 11.5 Å². The lowest BCUT2D eigenvalue weighted by Gasteiger charge is -1.99. The number of aldehydes is 2. The second-order valence-electron chi connectivity index (χ2n) is 8.76. The number of nitrogens with zero attached hydrogens (tertiary/aromatic N) is 2. The highest BCUT2D eigenvalue weighted by Crippen LogP contribution is 2.19. The van der Waals surface area contributed by atoms with Crippen LogP contribution >= 0.6 is 0 Å². The third kappa shape index (κ3) is 13.6. The van der Waals surface area contributed by atoms with Crippen molar-refractivity contribution in [2.24, 2.45) is 9.98 Å². The molecule has 0 bridgehead atoms. The van der Waals surface area contributed by atoms with Gasteiger partial charge in [0, 0.05) is 29.4 Å². The van der Waals surface area contributed by atoms with Crippen LogP contribution in [0.3, 0.4) is 0 Å². The van der Waals surface area contributed by atoms with E-state index in [1.807, 2.05) is 48.5 Å². The van der Waals surface area contributed by atoms with Crippen molar-refractivity contribution >= 4 is 47.8 Å². The Morgan fingerprint density at radius 1 is 0.659 bits per heavy atom. The van der Waals surface area contributed by atoms with E-state index in [1.165, 1.54) is 6.08 Å². The largest absolute Gasteiger partial charge is 0.497 e. The van der Waals surface area contributed by atoms with Gasteiger partial charge in [0.15, 0.2) is 0 Å². The second-order valence-corrected chi connectivity index (χ2v) is 8.76. The smallest absolute Gasteiger partial charge is 0.150 e. The van der Waals surface area contributed by atoms with Gasteiger partial charge in [0.1, 0.15) is 24.1 Å². The number of anilines is 2. The van der Waals surface area contributed by atoms with Crippen LogP contribution in [0.4, 0.5) is 22.7 Å². The number of nitrogen functional groups attached to an aromatic ring is 2. The molecule has 0 fully saturated rings. The maximum absolute atomic E-state index is 10.3. The van der Waals surface area contributed by atoms with Crippen LogP contribution in [0.15, 0.2) is 144 Å². The highest BCUT2D eigenvalue weighted by atomic mass is 16.5. The monoisotopic (exact) mass is 588 g/mol. The first-order valence-electron chi connectivity index (χ1n) is 13.4.